The van der Waals surface area contributed by atoms with Gasteiger partial charge < -0.3 is 5.21 Å². The molecule has 2 aliphatic rings. The van der Waals surface area contributed by atoms with Gasteiger partial charge in [-0.05, 0) is 0 Å². The quantitative estimate of drug-likeness (QED) is 0.568. The van der Waals surface area contributed by atoms with Crippen LogP contribution in [-0.4, -0.2) is 20.1 Å². The van der Waals surface area contributed by atoms with Crippen molar-refractivity contribution in [1.29, 1.82) is 0 Å². The molecular formula is C6H4FN3O. The van der Waals surface area contributed by atoms with Crippen LogP contribution in [0, 0.1) is 5.82 Å². The van der Waals surface area contributed by atoms with Gasteiger partial charge in [-0.25, -0.2) is 4.39 Å². The van der Waals surface area contributed by atoms with Gasteiger partial charge in [-0.1, -0.05) is 0 Å². The number of hydrogen-bond donors (Lipinski definition) is 1. The van der Waals surface area contributed by atoms with Crippen LogP contribution in [0.4, 0.5) is 4.39 Å². The first kappa shape index (κ1) is 6.09. The lowest BCUT2D eigenvalue weighted by atomic mass is 10.2. The molecule has 0 radical (unpaired) electrons. The smallest absolute Gasteiger partial charge is 0.171 e. The maximum absolute atomic E-state index is 12.8. The maximum atomic E-state index is 12.8. The fourth-order valence-corrected chi connectivity index (χ4v) is 0.905. The van der Waals surface area contributed by atoms with E-state index in [1.54, 1.807) is 0 Å². The molecule has 0 aliphatic carbocycles. The molecule has 0 bridgehead atoms. The van der Waals surface area contributed by atoms with E-state index in [1.165, 1.54) is 12.4 Å². The summed E-state index contributed by atoms with van der Waals surface area (Å²) in [6.45, 7) is 0. The highest BCUT2D eigenvalue weighted by Gasteiger charge is 2.11. The van der Waals surface area contributed by atoms with Gasteiger partial charge in [0.15, 0.2) is 5.82 Å². The lowest BCUT2D eigenvalue weighted by molar-refractivity contribution is 0.181. The number of rotatable bonds is 0. The Morgan fingerprint density at radius 3 is 3.09 bits per heavy atom. The zero-order valence-electron chi connectivity index (χ0n) is 5.40. The summed E-state index contributed by atoms with van der Waals surface area (Å²) in [5, 5.41) is 15.8. The summed E-state index contributed by atoms with van der Waals surface area (Å²) in [7, 11) is 0. The van der Waals surface area contributed by atoms with Gasteiger partial charge in [0, 0.05) is 5.56 Å². The minimum Gasteiger partial charge on any atom is -0.429 e. The Morgan fingerprint density at radius 2 is 2.27 bits per heavy atom. The molecule has 2 aliphatic heterocycles. The molecule has 0 saturated heterocycles. The van der Waals surface area contributed by atoms with Crippen LogP contribution < -0.4 is 0 Å². The summed E-state index contributed by atoms with van der Waals surface area (Å²) in [5.41, 5.74) is 0.655. The van der Waals surface area contributed by atoms with E-state index in [1.807, 2.05) is 0 Å². The Hall–Kier alpha value is -1.65. The number of halogens is 1. The Kier molecular flexibility index (Phi) is 1.06. The van der Waals surface area contributed by atoms with Gasteiger partial charge in [0.05, 0.1) is 18.6 Å². The molecule has 11 heavy (non-hydrogen) atoms. The van der Waals surface area contributed by atoms with E-state index >= 15 is 0 Å². The van der Waals surface area contributed by atoms with E-state index in [-0.39, 0.29) is 5.69 Å². The summed E-state index contributed by atoms with van der Waals surface area (Å²) in [6, 6.07) is 0. The highest BCUT2D eigenvalue weighted by Crippen LogP contribution is 2.19. The Balaban J connectivity index is 2.79. The van der Waals surface area contributed by atoms with Crippen molar-refractivity contribution in [2.75, 3.05) is 0 Å². The molecule has 0 aromatic heterocycles. The van der Waals surface area contributed by atoms with Gasteiger partial charge in [0.2, 0.25) is 0 Å². The van der Waals surface area contributed by atoms with E-state index in [0.29, 0.717) is 10.3 Å². The third-order valence-corrected chi connectivity index (χ3v) is 1.37. The van der Waals surface area contributed by atoms with Crippen molar-refractivity contribution in [3.05, 3.63) is 24.4 Å². The second-order valence-electron chi connectivity index (χ2n) is 2.13. The summed E-state index contributed by atoms with van der Waals surface area (Å²) in [4.78, 5) is 0. The van der Waals surface area contributed by atoms with Crippen LogP contribution in [0.5, 0.6) is 0 Å². The molecule has 2 heterocycles. The molecule has 0 aromatic carbocycles. The maximum Gasteiger partial charge on any atom is 0.171 e. The Bertz CT molecular complexity index is 359. The van der Waals surface area contributed by atoms with E-state index in [4.69, 9.17) is 5.21 Å². The van der Waals surface area contributed by atoms with Crippen molar-refractivity contribution in [3.63, 3.8) is 0 Å². The van der Waals surface area contributed by atoms with Crippen LogP contribution in [0.15, 0.2) is 18.6 Å². The first-order valence-electron chi connectivity index (χ1n) is 2.95. The average Bonchev–Trinajstić information content (AvgIpc) is 2.34. The monoisotopic (exact) mass is 153 g/mol. The fraction of sp³-hybridized carbons (Fsp3) is 0. The zero-order chi connectivity index (χ0) is 7.84. The fourth-order valence-electron chi connectivity index (χ4n) is 0.905. The normalized spacial score (nSPS) is 10.6. The van der Waals surface area contributed by atoms with Gasteiger partial charge in [-0.15, -0.1) is 5.10 Å². The van der Waals surface area contributed by atoms with Crippen LogP contribution >= 0.6 is 0 Å². The minimum atomic E-state index is -0.581. The second kappa shape index (κ2) is 1.91. The summed E-state index contributed by atoms with van der Waals surface area (Å²) in [5.74, 6) is -0.581. The Labute approximate surface area is 61.2 Å². The summed E-state index contributed by atoms with van der Waals surface area (Å²) < 4.78 is 13.4. The van der Waals surface area contributed by atoms with Crippen LogP contribution in [0.2, 0.25) is 0 Å². The topological polar surface area (TPSA) is 50.9 Å². The first-order chi connectivity index (χ1) is 5.27. The zero-order valence-corrected chi connectivity index (χ0v) is 5.40. The standard InChI is InChI=1S/C6H4FN3O/c7-5-3-10(11)2-4-1-8-9-6(4)5/h1-3,11H. The lowest BCUT2D eigenvalue weighted by Gasteiger charge is -2.00. The number of nitrogens with zero attached hydrogens (tertiary/aromatic N) is 3. The van der Waals surface area contributed by atoms with Gasteiger partial charge in [0.1, 0.15) is 5.69 Å². The number of hydrogen-bond acceptors (Lipinski definition) is 3. The van der Waals surface area contributed by atoms with Crippen molar-refractivity contribution in [2.24, 2.45) is 0 Å². The number of aromatic nitrogens is 3. The van der Waals surface area contributed by atoms with E-state index in [0.717, 1.165) is 6.20 Å². The number of fused-ring (bicyclic) bond motifs is 1. The van der Waals surface area contributed by atoms with Crippen LogP contribution in [0.25, 0.3) is 11.3 Å². The molecule has 0 unspecified atom stereocenters. The van der Waals surface area contributed by atoms with Crippen LogP contribution in [-0.2, 0) is 0 Å². The molecule has 0 spiro atoms. The second-order valence-corrected chi connectivity index (χ2v) is 2.13. The first-order valence-corrected chi connectivity index (χ1v) is 2.95. The largest absolute Gasteiger partial charge is 0.429 e. The highest BCUT2D eigenvalue weighted by atomic mass is 19.1. The van der Waals surface area contributed by atoms with Gasteiger partial charge >= 0.3 is 0 Å². The predicted molar refractivity (Wildman–Crippen MR) is 33.8 cm³/mol. The molecule has 56 valence electrons. The average molecular weight is 153 g/mol. The van der Waals surface area contributed by atoms with Crippen LogP contribution in [0.3, 0.4) is 0 Å². The molecular weight excluding hydrogens is 149 g/mol. The molecule has 2 rings (SSSR count). The SMILES string of the molecule is On1cc2cnnc-2c(F)c1. The van der Waals surface area contributed by atoms with Crippen LogP contribution in [0.1, 0.15) is 0 Å². The third kappa shape index (κ3) is 0.813. The van der Waals surface area contributed by atoms with Gasteiger partial charge in [-0.2, -0.15) is 9.83 Å². The summed E-state index contributed by atoms with van der Waals surface area (Å²) >= 11 is 0. The third-order valence-electron chi connectivity index (χ3n) is 1.37. The van der Waals surface area contributed by atoms with Gasteiger partial charge in [0.25, 0.3) is 0 Å². The van der Waals surface area contributed by atoms with Crippen molar-refractivity contribution in [3.8, 4) is 11.3 Å². The van der Waals surface area contributed by atoms with E-state index < -0.39 is 5.82 Å². The molecule has 4 nitrogen and oxygen atoms in total. The van der Waals surface area contributed by atoms with E-state index in [9.17, 15) is 4.39 Å². The molecule has 5 heteroatoms. The molecule has 0 fully saturated rings. The lowest BCUT2D eigenvalue weighted by Crippen LogP contribution is -1.96. The molecule has 0 amide bonds. The summed E-state index contributed by atoms with van der Waals surface area (Å²) in [6.07, 6.45) is 3.64. The number of pyridine rings is 1. The molecule has 0 aromatic rings. The predicted octanol–water partition coefficient (Wildman–Crippen LogP) is 0.759. The molecule has 1 N–H and O–H groups in total. The highest BCUT2D eigenvalue weighted by molar-refractivity contribution is 5.57. The van der Waals surface area contributed by atoms with Crippen molar-refractivity contribution < 1.29 is 9.60 Å². The van der Waals surface area contributed by atoms with Crippen molar-refractivity contribution >= 4 is 0 Å². The van der Waals surface area contributed by atoms with E-state index in [2.05, 4.69) is 10.2 Å². The van der Waals surface area contributed by atoms with Gasteiger partial charge in [-0.3, -0.25) is 0 Å². The Morgan fingerprint density at radius 1 is 1.45 bits per heavy atom. The minimum absolute atomic E-state index is 0.176. The molecule has 0 atom stereocenters. The van der Waals surface area contributed by atoms with Crippen molar-refractivity contribution in [2.45, 2.75) is 0 Å². The van der Waals surface area contributed by atoms with Crippen molar-refractivity contribution in [1.82, 2.24) is 14.9 Å². The molecule has 0 saturated carbocycles.